The number of hydrogen-bond donors (Lipinski definition) is 0. The summed E-state index contributed by atoms with van der Waals surface area (Å²) < 4.78 is 0. The van der Waals surface area contributed by atoms with Crippen molar-refractivity contribution in [3.8, 4) is 0 Å². The Morgan fingerprint density at radius 2 is 1.27 bits per heavy atom. The molecule has 0 fully saturated rings. The first-order chi connectivity index (χ1) is 5.11. The Morgan fingerprint density at radius 1 is 0.909 bits per heavy atom. The van der Waals surface area contributed by atoms with Gasteiger partial charge in [-0.1, -0.05) is 27.7 Å². The third-order valence-corrected chi connectivity index (χ3v) is 2.97. The Bertz CT molecular complexity index is 205. The summed E-state index contributed by atoms with van der Waals surface area (Å²) in [4.78, 5) is 0. The van der Waals surface area contributed by atoms with Crippen LogP contribution in [0.5, 0.6) is 0 Å². The Morgan fingerprint density at radius 3 is 1.45 bits per heavy atom. The summed E-state index contributed by atoms with van der Waals surface area (Å²) in [5.41, 5.74) is 0. The van der Waals surface area contributed by atoms with Gasteiger partial charge in [0.1, 0.15) is 10.0 Å². The summed E-state index contributed by atoms with van der Waals surface area (Å²) in [5, 5.41) is 10.5. The quantitative estimate of drug-likeness (QED) is 0.682. The summed E-state index contributed by atoms with van der Waals surface area (Å²) >= 11 is 1.73. The SMILES string of the molecule is CC(C)c1nnc(C(C)C)s1. The highest BCUT2D eigenvalue weighted by atomic mass is 32.1. The van der Waals surface area contributed by atoms with Gasteiger partial charge < -0.3 is 0 Å². The molecule has 0 radical (unpaired) electrons. The van der Waals surface area contributed by atoms with Gasteiger partial charge in [0.05, 0.1) is 0 Å². The van der Waals surface area contributed by atoms with Crippen LogP contribution in [-0.4, -0.2) is 10.2 Å². The molecule has 0 spiro atoms. The maximum atomic E-state index is 4.11. The highest BCUT2D eigenvalue weighted by Crippen LogP contribution is 2.23. The van der Waals surface area contributed by atoms with Crippen molar-refractivity contribution >= 4 is 11.3 Å². The van der Waals surface area contributed by atoms with Crippen LogP contribution in [0.15, 0.2) is 0 Å². The molecule has 0 bridgehead atoms. The lowest BCUT2D eigenvalue weighted by Crippen LogP contribution is -1.85. The van der Waals surface area contributed by atoms with Crippen LogP contribution in [-0.2, 0) is 0 Å². The third kappa shape index (κ3) is 1.99. The minimum atomic E-state index is 0.514. The number of nitrogens with zero attached hydrogens (tertiary/aromatic N) is 2. The molecule has 0 N–H and O–H groups in total. The average molecular weight is 170 g/mol. The zero-order valence-electron chi connectivity index (χ0n) is 7.46. The molecule has 0 atom stereocenters. The largest absolute Gasteiger partial charge is 0.143 e. The maximum Gasteiger partial charge on any atom is 0.120 e. The van der Waals surface area contributed by atoms with Crippen LogP contribution < -0.4 is 0 Å². The average Bonchev–Trinajstić information content (AvgIpc) is 2.33. The molecule has 0 saturated heterocycles. The van der Waals surface area contributed by atoms with Crippen molar-refractivity contribution in [3.05, 3.63) is 10.0 Å². The Hall–Kier alpha value is -0.440. The van der Waals surface area contributed by atoms with E-state index in [1.807, 2.05) is 0 Å². The normalized spacial score (nSPS) is 11.5. The number of hydrogen-bond acceptors (Lipinski definition) is 3. The summed E-state index contributed by atoms with van der Waals surface area (Å²) in [6.45, 7) is 8.57. The molecule has 62 valence electrons. The predicted octanol–water partition coefficient (Wildman–Crippen LogP) is 2.78. The van der Waals surface area contributed by atoms with Crippen molar-refractivity contribution in [3.63, 3.8) is 0 Å². The molecule has 2 nitrogen and oxygen atoms in total. The monoisotopic (exact) mass is 170 g/mol. The molecule has 1 rings (SSSR count). The van der Waals surface area contributed by atoms with Gasteiger partial charge in [-0.25, -0.2) is 0 Å². The third-order valence-electron chi connectivity index (χ3n) is 1.44. The maximum absolute atomic E-state index is 4.11. The second-order valence-electron chi connectivity index (χ2n) is 3.29. The van der Waals surface area contributed by atoms with Crippen LogP contribution in [0.2, 0.25) is 0 Å². The van der Waals surface area contributed by atoms with Crippen molar-refractivity contribution in [1.82, 2.24) is 10.2 Å². The van der Waals surface area contributed by atoms with Crippen LogP contribution in [0.4, 0.5) is 0 Å². The van der Waals surface area contributed by atoms with Crippen molar-refractivity contribution < 1.29 is 0 Å². The Balaban J connectivity index is 2.82. The second-order valence-corrected chi connectivity index (χ2v) is 4.33. The molecule has 3 heteroatoms. The van der Waals surface area contributed by atoms with Gasteiger partial charge >= 0.3 is 0 Å². The van der Waals surface area contributed by atoms with E-state index in [0.29, 0.717) is 11.8 Å². The van der Waals surface area contributed by atoms with Gasteiger partial charge in [-0.05, 0) is 0 Å². The van der Waals surface area contributed by atoms with Crippen LogP contribution >= 0.6 is 11.3 Å². The molecule has 0 aromatic carbocycles. The summed E-state index contributed by atoms with van der Waals surface area (Å²) in [6.07, 6.45) is 0. The predicted molar refractivity (Wildman–Crippen MR) is 48.1 cm³/mol. The lowest BCUT2D eigenvalue weighted by molar-refractivity contribution is 0.791. The van der Waals surface area contributed by atoms with Crippen LogP contribution in [0, 0.1) is 0 Å². The molecule has 0 aliphatic rings. The number of rotatable bonds is 2. The summed E-state index contributed by atoms with van der Waals surface area (Å²) in [7, 11) is 0. The number of aromatic nitrogens is 2. The van der Waals surface area contributed by atoms with Gasteiger partial charge in [-0.2, -0.15) is 0 Å². The second kappa shape index (κ2) is 3.30. The molecule has 0 aliphatic heterocycles. The van der Waals surface area contributed by atoms with Gasteiger partial charge in [0.25, 0.3) is 0 Å². The molecule has 1 aromatic rings. The standard InChI is InChI=1S/C8H14N2S/c1-5(2)7-9-10-8(11-7)6(3)4/h5-6H,1-4H3. The minimum absolute atomic E-state index is 0.514. The molecule has 0 amide bonds. The molecule has 0 unspecified atom stereocenters. The van der Waals surface area contributed by atoms with E-state index in [1.54, 1.807) is 11.3 Å². The highest BCUT2D eigenvalue weighted by molar-refractivity contribution is 7.11. The van der Waals surface area contributed by atoms with Crippen molar-refractivity contribution in [1.29, 1.82) is 0 Å². The van der Waals surface area contributed by atoms with E-state index in [2.05, 4.69) is 37.9 Å². The highest BCUT2D eigenvalue weighted by Gasteiger charge is 2.09. The van der Waals surface area contributed by atoms with Gasteiger partial charge in [-0.3, -0.25) is 0 Å². The van der Waals surface area contributed by atoms with Crippen LogP contribution in [0.25, 0.3) is 0 Å². The van der Waals surface area contributed by atoms with E-state index in [1.165, 1.54) is 0 Å². The lowest BCUT2D eigenvalue weighted by Gasteiger charge is -1.95. The minimum Gasteiger partial charge on any atom is -0.143 e. The Labute approximate surface area is 71.7 Å². The molecule has 1 aromatic heterocycles. The smallest absolute Gasteiger partial charge is 0.120 e. The van der Waals surface area contributed by atoms with Crippen LogP contribution in [0.3, 0.4) is 0 Å². The van der Waals surface area contributed by atoms with Crippen molar-refractivity contribution in [2.45, 2.75) is 39.5 Å². The zero-order valence-corrected chi connectivity index (χ0v) is 8.27. The van der Waals surface area contributed by atoms with E-state index in [4.69, 9.17) is 0 Å². The van der Waals surface area contributed by atoms with Crippen molar-refractivity contribution in [2.24, 2.45) is 0 Å². The van der Waals surface area contributed by atoms with Crippen LogP contribution in [0.1, 0.15) is 49.5 Å². The van der Waals surface area contributed by atoms with E-state index in [9.17, 15) is 0 Å². The van der Waals surface area contributed by atoms with E-state index >= 15 is 0 Å². The molecule has 0 aliphatic carbocycles. The fourth-order valence-electron chi connectivity index (χ4n) is 0.713. The lowest BCUT2D eigenvalue weighted by atomic mass is 10.2. The first-order valence-electron chi connectivity index (χ1n) is 3.94. The van der Waals surface area contributed by atoms with Gasteiger partial charge in [0.2, 0.25) is 0 Å². The first kappa shape index (κ1) is 8.65. The van der Waals surface area contributed by atoms with Gasteiger partial charge in [-0.15, -0.1) is 21.5 Å². The molecule has 11 heavy (non-hydrogen) atoms. The molecule has 1 heterocycles. The molecular formula is C8H14N2S. The van der Waals surface area contributed by atoms with Crippen molar-refractivity contribution in [2.75, 3.05) is 0 Å². The van der Waals surface area contributed by atoms with E-state index < -0.39 is 0 Å². The van der Waals surface area contributed by atoms with Gasteiger partial charge in [0, 0.05) is 11.8 Å². The Kier molecular flexibility index (Phi) is 2.60. The summed E-state index contributed by atoms with van der Waals surface area (Å²) in [6, 6.07) is 0. The fraction of sp³-hybridized carbons (Fsp3) is 0.750. The van der Waals surface area contributed by atoms with E-state index in [0.717, 1.165) is 10.0 Å². The fourth-order valence-corrected chi connectivity index (χ4v) is 1.56. The van der Waals surface area contributed by atoms with E-state index in [-0.39, 0.29) is 0 Å². The zero-order chi connectivity index (χ0) is 8.43. The van der Waals surface area contributed by atoms with Gasteiger partial charge in [0.15, 0.2) is 0 Å². The summed E-state index contributed by atoms with van der Waals surface area (Å²) in [5.74, 6) is 1.03. The first-order valence-corrected chi connectivity index (χ1v) is 4.76. The molecule has 0 saturated carbocycles. The molecular weight excluding hydrogens is 156 g/mol. The topological polar surface area (TPSA) is 25.8 Å².